The molecule has 0 radical (unpaired) electrons. The molecule has 1 amide bonds. The van der Waals surface area contributed by atoms with E-state index in [-0.39, 0.29) is 22.4 Å². The van der Waals surface area contributed by atoms with Crippen LogP contribution in [0, 0.1) is 13.8 Å². The Balaban J connectivity index is 2.31. The number of hydrogen-bond donors (Lipinski definition) is 2. The number of carbonyl (C=O) groups is 1. The quantitative estimate of drug-likeness (QED) is 0.798. The third-order valence-electron chi connectivity index (χ3n) is 2.98. The first-order chi connectivity index (χ1) is 9.40. The summed E-state index contributed by atoms with van der Waals surface area (Å²) in [5.41, 5.74) is 2.31. The SMILES string of the molecule is Cc1ccc(C(=O)Nc2cc(Cl)c(C)c(Cl)c2O)cc1. The standard InChI is InChI=1S/C15H13Cl2NO2/c1-8-3-5-10(6-4-8)15(20)18-12-7-11(16)9(2)13(17)14(12)19/h3-7,19H,1-2H3,(H,18,20). The molecule has 3 nitrogen and oxygen atoms in total. The number of hydrogen-bond acceptors (Lipinski definition) is 2. The average molecular weight is 310 g/mol. The van der Waals surface area contributed by atoms with E-state index in [2.05, 4.69) is 5.32 Å². The molecule has 2 aromatic rings. The molecule has 0 fully saturated rings. The van der Waals surface area contributed by atoms with Crippen molar-refractivity contribution in [3.8, 4) is 5.75 Å². The number of anilines is 1. The van der Waals surface area contributed by atoms with E-state index in [1.165, 1.54) is 6.07 Å². The van der Waals surface area contributed by atoms with Gasteiger partial charge < -0.3 is 10.4 Å². The summed E-state index contributed by atoms with van der Waals surface area (Å²) in [6.45, 7) is 3.63. The second-order valence-electron chi connectivity index (χ2n) is 4.51. The highest BCUT2D eigenvalue weighted by molar-refractivity contribution is 6.37. The predicted molar refractivity (Wildman–Crippen MR) is 82.0 cm³/mol. The number of aromatic hydroxyl groups is 1. The molecule has 0 heterocycles. The van der Waals surface area contributed by atoms with Gasteiger partial charge in [-0.25, -0.2) is 0 Å². The van der Waals surface area contributed by atoms with E-state index in [4.69, 9.17) is 23.2 Å². The Morgan fingerprint density at radius 1 is 1.15 bits per heavy atom. The van der Waals surface area contributed by atoms with Crippen molar-refractivity contribution in [1.29, 1.82) is 0 Å². The van der Waals surface area contributed by atoms with Gasteiger partial charge in [-0.1, -0.05) is 40.9 Å². The maximum atomic E-state index is 12.1. The first-order valence-electron chi connectivity index (χ1n) is 5.95. The fourth-order valence-electron chi connectivity index (χ4n) is 1.70. The van der Waals surface area contributed by atoms with Crippen LogP contribution in [0.3, 0.4) is 0 Å². The maximum Gasteiger partial charge on any atom is 0.255 e. The molecule has 0 aliphatic rings. The molecule has 104 valence electrons. The van der Waals surface area contributed by atoms with Crippen LogP contribution < -0.4 is 5.32 Å². The summed E-state index contributed by atoms with van der Waals surface area (Å²) >= 11 is 11.9. The zero-order valence-corrected chi connectivity index (χ0v) is 12.5. The summed E-state index contributed by atoms with van der Waals surface area (Å²) in [6.07, 6.45) is 0. The molecule has 0 atom stereocenters. The van der Waals surface area contributed by atoms with Crippen LogP contribution >= 0.6 is 23.2 Å². The summed E-state index contributed by atoms with van der Waals surface area (Å²) in [7, 11) is 0. The van der Waals surface area contributed by atoms with Crippen molar-refractivity contribution in [1.82, 2.24) is 0 Å². The lowest BCUT2D eigenvalue weighted by Crippen LogP contribution is -2.12. The lowest BCUT2D eigenvalue weighted by Gasteiger charge is -2.11. The van der Waals surface area contributed by atoms with E-state index in [1.807, 2.05) is 19.1 Å². The van der Waals surface area contributed by atoms with Gasteiger partial charge in [0.1, 0.15) is 0 Å². The zero-order valence-electron chi connectivity index (χ0n) is 11.0. The van der Waals surface area contributed by atoms with Gasteiger partial charge in [0.15, 0.2) is 5.75 Å². The molecule has 0 saturated carbocycles. The molecule has 0 unspecified atom stereocenters. The Kier molecular flexibility index (Phi) is 4.21. The number of nitrogens with one attached hydrogen (secondary N) is 1. The molecule has 0 aromatic heterocycles. The smallest absolute Gasteiger partial charge is 0.255 e. The summed E-state index contributed by atoms with van der Waals surface area (Å²) in [6, 6.07) is 8.57. The fourth-order valence-corrected chi connectivity index (χ4v) is 2.15. The van der Waals surface area contributed by atoms with Crippen LogP contribution in [0.25, 0.3) is 0 Å². The summed E-state index contributed by atoms with van der Waals surface area (Å²) in [5.74, 6) is -0.523. The van der Waals surface area contributed by atoms with E-state index in [1.54, 1.807) is 19.1 Å². The first kappa shape index (κ1) is 14.7. The molecule has 5 heteroatoms. The van der Waals surface area contributed by atoms with Crippen LogP contribution in [0.15, 0.2) is 30.3 Å². The number of phenols is 1. The topological polar surface area (TPSA) is 49.3 Å². The Labute approximate surface area is 127 Å². The lowest BCUT2D eigenvalue weighted by atomic mass is 10.1. The van der Waals surface area contributed by atoms with Gasteiger partial charge in [0.25, 0.3) is 5.91 Å². The van der Waals surface area contributed by atoms with Gasteiger partial charge in [-0.2, -0.15) is 0 Å². The van der Waals surface area contributed by atoms with Crippen molar-refractivity contribution in [2.75, 3.05) is 5.32 Å². The van der Waals surface area contributed by atoms with Gasteiger partial charge in [0.05, 0.1) is 10.7 Å². The largest absolute Gasteiger partial charge is 0.504 e. The van der Waals surface area contributed by atoms with Crippen LogP contribution in [0.2, 0.25) is 10.0 Å². The van der Waals surface area contributed by atoms with Gasteiger partial charge in [0, 0.05) is 10.6 Å². The van der Waals surface area contributed by atoms with Crippen LogP contribution in [-0.2, 0) is 0 Å². The normalized spacial score (nSPS) is 10.4. The molecular weight excluding hydrogens is 297 g/mol. The summed E-state index contributed by atoms with van der Waals surface area (Å²) in [5, 5.41) is 13.1. The highest BCUT2D eigenvalue weighted by Crippen LogP contribution is 2.38. The van der Waals surface area contributed by atoms with Crippen molar-refractivity contribution in [2.45, 2.75) is 13.8 Å². The number of carbonyl (C=O) groups excluding carboxylic acids is 1. The minimum absolute atomic E-state index is 0.136. The number of halogens is 2. The van der Waals surface area contributed by atoms with Gasteiger partial charge in [-0.3, -0.25) is 4.79 Å². The van der Waals surface area contributed by atoms with E-state index < -0.39 is 0 Å². The Morgan fingerprint density at radius 3 is 2.35 bits per heavy atom. The van der Waals surface area contributed by atoms with Crippen molar-refractivity contribution in [3.63, 3.8) is 0 Å². The monoisotopic (exact) mass is 309 g/mol. The second kappa shape index (κ2) is 5.73. The molecule has 0 spiro atoms. The number of phenolic OH excluding ortho intramolecular Hbond substituents is 1. The fraction of sp³-hybridized carbons (Fsp3) is 0.133. The highest BCUT2D eigenvalue weighted by Gasteiger charge is 2.15. The third kappa shape index (κ3) is 2.89. The second-order valence-corrected chi connectivity index (χ2v) is 5.30. The Hall–Kier alpha value is -1.71. The maximum absolute atomic E-state index is 12.1. The highest BCUT2D eigenvalue weighted by atomic mass is 35.5. The summed E-state index contributed by atoms with van der Waals surface area (Å²) in [4.78, 5) is 12.1. The molecular formula is C15H13Cl2NO2. The Bertz CT molecular complexity index is 667. The van der Waals surface area contributed by atoms with Gasteiger partial charge in [0.2, 0.25) is 0 Å². The molecule has 2 N–H and O–H groups in total. The molecule has 0 bridgehead atoms. The molecule has 2 aromatic carbocycles. The molecule has 20 heavy (non-hydrogen) atoms. The van der Waals surface area contributed by atoms with Crippen LogP contribution in [-0.4, -0.2) is 11.0 Å². The number of amides is 1. The van der Waals surface area contributed by atoms with E-state index in [9.17, 15) is 9.90 Å². The third-order valence-corrected chi connectivity index (χ3v) is 3.84. The lowest BCUT2D eigenvalue weighted by molar-refractivity contribution is 0.102. The van der Waals surface area contributed by atoms with E-state index >= 15 is 0 Å². The average Bonchev–Trinajstić information content (AvgIpc) is 2.43. The van der Waals surface area contributed by atoms with Crippen molar-refractivity contribution < 1.29 is 9.90 Å². The van der Waals surface area contributed by atoms with Gasteiger partial charge >= 0.3 is 0 Å². The van der Waals surface area contributed by atoms with Crippen molar-refractivity contribution >= 4 is 34.8 Å². The number of aryl methyl sites for hydroxylation is 1. The Morgan fingerprint density at radius 2 is 1.75 bits per heavy atom. The minimum Gasteiger partial charge on any atom is -0.504 e. The molecule has 2 rings (SSSR count). The van der Waals surface area contributed by atoms with Gasteiger partial charge in [-0.15, -0.1) is 0 Å². The van der Waals surface area contributed by atoms with Crippen molar-refractivity contribution in [2.24, 2.45) is 0 Å². The molecule has 0 aliphatic heterocycles. The first-order valence-corrected chi connectivity index (χ1v) is 6.71. The van der Waals surface area contributed by atoms with Crippen LogP contribution in [0.5, 0.6) is 5.75 Å². The van der Waals surface area contributed by atoms with Gasteiger partial charge in [-0.05, 0) is 37.6 Å². The van der Waals surface area contributed by atoms with E-state index in [0.717, 1.165) is 5.56 Å². The minimum atomic E-state index is -0.337. The molecule has 0 saturated heterocycles. The van der Waals surface area contributed by atoms with Crippen molar-refractivity contribution in [3.05, 3.63) is 57.1 Å². The number of rotatable bonds is 2. The summed E-state index contributed by atoms with van der Waals surface area (Å²) < 4.78 is 0. The van der Waals surface area contributed by atoms with E-state index in [0.29, 0.717) is 16.1 Å². The predicted octanol–water partition coefficient (Wildman–Crippen LogP) is 4.57. The van der Waals surface area contributed by atoms with Crippen LogP contribution in [0.1, 0.15) is 21.5 Å². The number of benzene rings is 2. The molecule has 0 aliphatic carbocycles. The van der Waals surface area contributed by atoms with Crippen LogP contribution in [0.4, 0.5) is 5.69 Å². The zero-order chi connectivity index (χ0) is 14.9.